The van der Waals surface area contributed by atoms with E-state index in [1.54, 1.807) is 12.3 Å². The summed E-state index contributed by atoms with van der Waals surface area (Å²) < 4.78 is 23.7. The maximum Gasteiger partial charge on any atom is 0.328 e. The molecule has 166 valence electrons. The summed E-state index contributed by atoms with van der Waals surface area (Å²) in [5.41, 5.74) is 2.75. The molecule has 1 unspecified atom stereocenters. The highest BCUT2D eigenvalue weighted by atomic mass is 32.2. The number of aliphatic hydroxyl groups is 1. The molecule has 1 fully saturated rings. The monoisotopic (exact) mass is 447 g/mol. The number of aromatic nitrogens is 1. The molecule has 0 bridgehead atoms. The average Bonchev–Trinajstić information content (AvgIpc) is 3.27. The minimum absolute atomic E-state index is 0.0278. The van der Waals surface area contributed by atoms with E-state index >= 15 is 0 Å². The van der Waals surface area contributed by atoms with Crippen LogP contribution in [0, 0.1) is 35.5 Å². The van der Waals surface area contributed by atoms with Crippen LogP contribution >= 0.6 is 0 Å². The lowest BCUT2D eigenvalue weighted by atomic mass is 10.1. The molecule has 31 heavy (non-hydrogen) atoms. The standard InChI is InChI=1S/C21H25N3O6S/c1-21(19(26)22-28,31(2,29)30)8-9-23-13-18-10-15(12-24(18)20(23)27)6-4-3-5-7-16-11-17(16)14-25/h10,12,16-17,25,28H,7-9,11,13-14H2,1-2H3,(H,22,26)/t16-,17-,21?/m1/s1. The number of nitrogens with one attached hydrogen (secondary N) is 1. The summed E-state index contributed by atoms with van der Waals surface area (Å²) in [6.45, 7) is 1.72. The van der Waals surface area contributed by atoms with Crippen LogP contribution in [0.4, 0.5) is 4.79 Å². The van der Waals surface area contributed by atoms with Crippen molar-refractivity contribution in [2.45, 2.75) is 37.5 Å². The van der Waals surface area contributed by atoms with Crippen molar-refractivity contribution < 1.29 is 28.3 Å². The number of carbonyl (C=O) groups is 2. The second kappa shape index (κ2) is 8.75. The van der Waals surface area contributed by atoms with E-state index in [2.05, 4.69) is 23.7 Å². The van der Waals surface area contributed by atoms with Crippen molar-refractivity contribution in [3.63, 3.8) is 0 Å². The molecule has 1 aliphatic carbocycles. The summed E-state index contributed by atoms with van der Waals surface area (Å²) in [7, 11) is -3.83. The first kappa shape index (κ1) is 22.9. The molecule has 0 aromatic carbocycles. The Hall–Kier alpha value is -2.79. The predicted molar refractivity (Wildman–Crippen MR) is 111 cm³/mol. The smallest absolute Gasteiger partial charge is 0.328 e. The highest BCUT2D eigenvalue weighted by Crippen LogP contribution is 2.40. The van der Waals surface area contributed by atoms with E-state index in [4.69, 9.17) is 10.3 Å². The van der Waals surface area contributed by atoms with E-state index < -0.39 is 20.5 Å². The minimum atomic E-state index is -3.83. The van der Waals surface area contributed by atoms with Crippen LogP contribution < -0.4 is 5.48 Å². The first-order valence-corrected chi connectivity index (χ1v) is 11.7. The summed E-state index contributed by atoms with van der Waals surface area (Å²) in [5, 5.41) is 17.9. The third-order valence-corrected chi connectivity index (χ3v) is 8.04. The van der Waals surface area contributed by atoms with Crippen LogP contribution in [0.1, 0.15) is 37.4 Å². The third-order valence-electron chi connectivity index (χ3n) is 6.01. The Labute approximate surface area is 181 Å². The van der Waals surface area contributed by atoms with Crippen molar-refractivity contribution in [1.82, 2.24) is 14.9 Å². The van der Waals surface area contributed by atoms with Gasteiger partial charge in [-0.15, -0.1) is 0 Å². The zero-order valence-electron chi connectivity index (χ0n) is 17.4. The van der Waals surface area contributed by atoms with Crippen molar-refractivity contribution in [1.29, 1.82) is 0 Å². The molecule has 10 heteroatoms. The summed E-state index contributed by atoms with van der Waals surface area (Å²) >= 11 is 0. The molecule has 9 nitrogen and oxygen atoms in total. The molecule has 2 aliphatic rings. The Morgan fingerprint density at radius 3 is 2.68 bits per heavy atom. The Kier molecular flexibility index (Phi) is 6.46. The molecule has 1 saturated carbocycles. The SMILES string of the molecule is CC(CCN1Cc2cc(C#CC#CC[C@@H]3C[C@@H]3CO)cn2C1=O)(C(=O)NO)S(C)(=O)=O. The second-order valence-electron chi connectivity index (χ2n) is 8.18. The minimum Gasteiger partial charge on any atom is -0.396 e. The van der Waals surface area contributed by atoms with E-state index in [0.29, 0.717) is 23.1 Å². The van der Waals surface area contributed by atoms with E-state index in [0.717, 1.165) is 19.1 Å². The summed E-state index contributed by atoms with van der Waals surface area (Å²) in [5.74, 6) is 11.3. The van der Waals surface area contributed by atoms with Crippen molar-refractivity contribution in [3.8, 4) is 23.7 Å². The van der Waals surface area contributed by atoms with Gasteiger partial charge in [0, 0.05) is 43.3 Å². The zero-order valence-corrected chi connectivity index (χ0v) is 18.2. The predicted octanol–water partition coefficient (Wildman–Crippen LogP) is 0.344. The fourth-order valence-electron chi connectivity index (χ4n) is 3.51. The third kappa shape index (κ3) is 4.77. The van der Waals surface area contributed by atoms with E-state index in [9.17, 15) is 18.0 Å². The normalized spacial score (nSPS) is 21.3. The number of nitrogens with zero attached hydrogens (tertiary/aromatic N) is 2. The number of fused-ring (bicyclic) bond motifs is 1. The number of carbonyl (C=O) groups excluding carboxylic acids is 2. The van der Waals surface area contributed by atoms with Crippen LogP contribution in [0.2, 0.25) is 0 Å². The van der Waals surface area contributed by atoms with Gasteiger partial charge >= 0.3 is 6.03 Å². The number of amides is 2. The van der Waals surface area contributed by atoms with Gasteiger partial charge in [0.1, 0.15) is 0 Å². The topological polar surface area (TPSA) is 129 Å². The molecule has 3 atom stereocenters. The number of rotatable bonds is 7. The zero-order chi connectivity index (χ0) is 22.8. The van der Waals surface area contributed by atoms with Gasteiger partial charge in [-0.3, -0.25) is 14.6 Å². The Morgan fingerprint density at radius 2 is 2.10 bits per heavy atom. The Morgan fingerprint density at radius 1 is 1.35 bits per heavy atom. The number of hydroxylamine groups is 1. The first-order chi connectivity index (χ1) is 14.6. The summed E-state index contributed by atoms with van der Waals surface area (Å²) in [6, 6.07) is 1.43. The van der Waals surface area contributed by atoms with Gasteiger partial charge in [-0.2, -0.15) is 0 Å². The van der Waals surface area contributed by atoms with Gasteiger partial charge < -0.3 is 10.0 Å². The maximum absolute atomic E-state index is 12.6. The molecule has 0 spiro atoms. The van der Waals surface area contributed by atoms with Crippen molar-refractivity contribution in [2.75, 3.05) is 19.4 Å². The van der Waals surface area contributed by atoms with Crippen LogP contribution in [-0.4, -0.2) is 64.3 Å². The second-order valence-corrected chi connectivity index (χ2v) is 10.6. The van der Waals surface area contributed by atoms with Gasteiger partial charge in [0.05, 0.1) is 6.54 Å². The van der Waals surface area contributed by atoms with E-state index in [1.807, 2.05) is 0 Å². The van der Waals surface area contributed by atoms with Crippen LogP contribution in [0.25, 0.3) is 0 Å². The van der Waals surface area contributed by atoms with Crippen molar-refractivity contribution >= 4 is 21.8 Å². The first-order valence-electron chi connectivity index (χ1n) is 9.85. The summed E-state index contributed by atoms with van der Waals surface area (Å²) in [4.78, 5) is 26.0. The largest absolute Gasteiger partial charge is 0.396 e. The number of sulfone groups is 1. The molecule has 2 amide bonds. The lowest BCUT2D eigenvalue weighted by Crippen LogP contribution is -2.50. The quantitative estimate of drug-likeness (QED) is 0.314. The van der Waals surface area contributed by atoms with Crippen molar-refractivity contribution in [3.05, 3.63) is 23.5 Å². The van der Waals surface area contributed by atoms with Crippen molar-refractivity contribution in [2.24, 2.45) is 11.8 Å². The molecule has 0 radical (unpaired) electrons. The number of aliphatic hydroxyl groups excluding tert-OH is 1. The average molecular weight is 448 g/mol. The molecule has 0 saturated heterocycles. The number of hydrogen-bond donors (Lipinski definition) is 3. The van der Waals surface area contributed by atoms with Gasteiger partial charge in [0.25, 0.3) is 5.91 Å². The number of hydrogen-bond acceptors (Lipinski definition) is 6. The van der Waals surface area contributed by atoms with Crippen LogP contribution in [0.15, 0.2) is 12.3 Å². The fraction of sp³-hybridized carbons (Fsp3) is 0.524. The molecular weight excluding hydrogens is 422 g/mol. The van der Waals surface area contributed by atoms with Crippen LogP contribution in [0.3, 0.4) is 0 Å². The lowest BCUT2D eigenvalue weighted by molar-refractivity contribution is -0.131. The summed E-state index contributed by atoms with van der Waals surface area (Å²) in [6.07, 6.45) is 4.10. The van der Waals surface area contributed by atoms with E-state index in [1.165, 1.54) is 21.9 Å². The molecular formula is C21H25N3O6S. The van der Waals surface area contributed by atoms with Gasteiger partial charge in [0.2, 0.25) is 0 Å². The highest BCUT2D eigenvalue weighted by Gasteiger charge is 2.44. The van der Waals surface area contributed by atoms with E-state index in [-0.39, 0.29) is 32.1 Å². The lowest BCUT2D eigenvalue weighted by Gasteiger charge is -2.27. The highest BCUT2D eigenvalue weighted by molar-refractivity contribution is 7.92. The van der Waals surface area contributed by atoms with Crippen LogP contribution in [0.5, 0.6) is 0 Å². The fourth-order valence-corrected chi connectivity index (χ4v) is 4.36. The molecule has 2 heterocycles. The molecule has 1 aromatic rings. The Bertz CT molecular complexity index is 1120. The molecule has 3 rings (SSSR count). The molecule has 1 aliphatic heterocycles. The molecule has 1 aromatic heterocycles. The van der Waals surface area contributed by atoms with Gasteiger partial charge in [-0.05, 0) is 49.5 Å². The van der Waals surface area contributed by atoms with Crippen LogP contribution in [-0.2, 0) is 21.2 Å². The van der Waals surface area contributed by atoms with Gasteiger partial charge in [-0.25, -0.2) is 18.7 Å². The Balaban J connectivity index is 1.59. The van der Waals surface area contributed by atoms with Gasteiger partial charge in [0.15, 0.2) is 14.6 Å². The maximum atomic E-state index is 12.6. The molecule has 3 N–H and O–H groups in total. The van der Waals surface area contributed by atoms with Gasteiger partial charge in [-0.1, -0.05) is 11.8 Å².